The van der Waals surface area contributed by atoms with Crippen LogP contribution in [0.15, 0.2) is 29.3 Å². The van der Waals surface area contributed by atoms with E-state index in [1.54, 1.807) is 7.05 Å². The molecule has 0 aliphatic carbocycles. The van der Waals surface area contributed by atoms with Gasteiger partial charge in [0.2, 0.25) is 0 Å². The van der Waals surface area contributed by atoms with E-state index in [0.717, 1.165) is 37.7 Å². The van der Waals surface area contributed by atoms with E-state index in [9.17, 15) is 4.39 Å². The quantitative estimate of drug-likeness (QED) is 0.399. The van der Waals surface area contributed by atoms with Crippen molar-refractivity contribution in [3.8, 4) is 0 Å². The Labute approximate surface area is 167 Å². The summed E-state index contributed by atoms with van der Waals surface area (Å²) in [5.41, 5.74) is 1.08. The van der Waals surface area contributed by atoms with E-state index in [-0.39, 0.29) is 35.8 Å². The Morgan fingerprint density at radius 1 is 1.32 bits per heavy atom. The van der Waals surface area contributed by atoms with Gasteiger partial charge in [0.05, 0.1) is 12.6 Å². The first-order valence-corrected chi connectivity index (χ1v) is 8.42. The van der Waals surface area contributed by atoms with Crippen molar-refractivity contribution in [2.24, 2.45) is 10.9 Å². The van der Waals surface area contributed by atoms with Crippen molar-refractivity contribution in [2.45, 2.75) is 12.5 Å². The lowest BCUT2D eigenvalue weighted by Gasteiger charge is -2.29. The molecule has 1 aromatic carbocycles. The van der Waals surface area contributed by atoms with Gasteiger partial charge in [0.15, 0.2) is 5.96 Å². The first-order valence-electron chi connectivity index (χ1n) is 8.42. The summed E-state index contributed by atoms with van der Waals surface area (Å²) in [7, 11) is 7.90. The molecule has 0 aromatic heterocycles. The first kappa shape index (κ1) is 22.1. The van der Waals surface area contributed by atoms with Gasteiger partial charge >= 0.3 is 0 Å². The molecule has 0 radical (unpaired) electrons. The molecule has 2 atom stereocenters. The number of halogens is 2. The monoisotopic (exact) mass is 464 g/mol. The molecule has 0 saturated carbocycles. The van der Waals surface area contributed by atoms with Crippen molar-refractivity contribution in [3.63, 3.8) is 0 Å². The van der Waals surface area contributed by atoms with Gasteiger partial charge in [0, 0.05) is 39.7 Å². The molecule has 1 aliphatic rings. The lowest BCUT2D eigenvalue weighted by molar-refractivity contribution is 0.181. The van der Waals surface area contributed by atoms with Crippen LogP contribution in [0.3, 0.4) is 0 Å². The van der Waals surface area contributed by atoms with Crippen molar-refractivity contribution in [3.05, 3.63) is 35.6 Å². The molecule has 5 nitrogen and oxygen atoms in total. The van der Waals surface area contributed by atoms with E-state index in [4.69, 9.17) is 4.74 Å². The molecule has 1 aromatic rings. The van der Waals surface area contributed by atoms with E-state index >= 15 is 0 Å². The number of aliphatic imine (C=N–C) groups is 1. The smallest absolute Gasteiger partial charge is 0.193 e. The van der Waals surface area contributed by atoms with Crippen LogP contribution in [0, 0.1) is 11.7 Å². The van der Waals surface area contributed by atoms with E-state index in [2.05, 4.69) is 27.2 Å². The summed E-state index contributed by atoms with van der Waals surface area (Å²) in [5, 5.41) is 3.44. The van der Waals surface area contributed by atoms with Crippen LogP contribution >= 0.6 is 24.0 Å². The molecule has 1 N–H and O–H groups in total. The molecule has 2 unspecified atom stereocenters. The summed E-state index contributed by atoms with van der Waals surface area (Å²) in [6, 6.07) is 6.83. The molecule has 1 saturated heterocycles. The van der Waals surface area contributed by atoms with Crippen LogP contribution in [0.1, 0.15) is 18.0 Å². The standard InChI is InChI=1S/C18H29FN4O.HI/c1-20-18(23(4)12-14-9-10-24-13-14)21-11-17(22(2)3)15-5-7-16(19)8-6-15;/h5-8,14,17H,9-13H2,1-4H3,(H,20,21);1H. The second kappa shape index (κ2) is 10.9. The largest absolute Gasteiger partial charge is 0.381 e. The number of rotatable bonds is 6. The topological polar surface area (TPSA) is 40.1 Å². The van der Waals surface area contributed by atoms with Gasteiger partial charge in [-0.1, -0.05) is 12.1 Å². The SMILES string of the molecule is CN=C(NCC(c1ccc(F)cc1)N(C)C)N(C)CC1CCOC1.I. The van der Waals surface area contributed by atoms with Crippen molar-refractivity contribution in [1.82, 2.24) is 15.1 Å². The highest BCUT2D eigenvalue weighted by Crippen LogP contribution is 2.18. The van der Waals surface area contributed by atoms with Crippen LogP contribution in [0.5, 0.6) is 0 Å². The average molecular weight is 464 g/mol. The Bertz CT molecular complexity index is 532. The maximum absolute atomic E-state index is 13.2. The van der Waals surface area contributed by atoms with Crippen molar-refractivity contribution in [1.29, 1.82) is 0 Å². The van der Waals surface area contributed by atoms with Gasteiger partial charge in [-0.3, -0.25) is 4.99 Å². The normalized spacial score (nSPS) is 18.8. The lowest BCUT2D eigenvalue weighted by Crippen LogP contribution is -2.44. The Balaban J connectivity index is 0.00000312. The third kappa shape index (κ3) is 6.71. The van der Waals surface area contributed by atoms with E-state index < -0.39 is 0 Å². The molecule has 142 valence electrons. The number of likely N-dealkylation sites (N-methyl/N-ethyl adjacent to an activating group) is 1. The summed E-state index contributed by atoms with van der Waals surface area (Å²) in [4.78, 5) is 8.65. The van der Waals surface area contributed by atoms with E-state index in [1.165, 1.54) is 12.1 Å². The number of ether oxygens (including phenoxy) is 1. The van der Waals surface area contributed by atoms with Crippen LogP contribution in [0.2, 0.25) is 0 Å². The minimum Gasteiger partial charge on any atom is -0.381 e. The number of hydrogen-bond donors (Lipinski definition) is 1. The van der Waals surface area contributed by atoms with Crippen LogP contribution in [-0.2, 0) is 4.74 Å². The van der Waals surface area contributed by atoms with Crippen molar-refractivity contribution in [2.75, 3.05) is 54.5 Å². The molecule has 2 rings (SSSR count). The molecule has 0 spiro atoms. The Hall–Kier alpha value is -0.930. The summed E-state index contributed by atoms with van der Waals surface area (Å²) in [6.07, 6.45) is 1.11. The van der Waals surface area contributed by atoms with Gasteiger partial charge in [-0.2, -0.15) is 0 Å². The summed E-state index contributed by atoms with van der Waals surface area (Å²) >= 11 is 0. The molecule has 0 amide bonds. The maximum atomic E-state index is 13.2. The summed E-state index contributed by atoms with van der Waals surface area (Å²) in [6.45, 7) is 3.33. The summed E-state index contributed by atoms with van der Waals surface area (Å²) in [5.74, 6) is 1.23. The van der Waals surface area contributed by atoms with Crippen molar-refractivity contribution >= 4 is 29.9 Å². The molecule has 7 heteroatoms. The molecule has 0 bridgehead atoms. The highest BCUT2D eigenvalue weighted by atomic mass is 127. The zero-order valence-electron chi connectivity index (χ0n) is 15.5. The van der Waals surface area contributed by atoms with Crippen LogP contribution in [-0.4, -0.2) is 70.3 Å². The van der Waals surface area contributed by atoms with E-state index in [1.807, 2.05) is 26.2 Å². The third-order valence-corrected chi connectivity index (χ3v) is 4.46. The molecule has 1 fully saturated rings. The molecular weight excluding hydrogens is 434 g/mol. The van der Waals surface area contributed by atoms with Crippen LogP contribution in [0.4, 0.5) is 4.39 Å². The van der Waals surface area contributed by atoms with Gasteiger partial charge in [0.1, 0.15) is 5.82 Å². The number of hydrogen-bond acceptors (Lipinski definition) is 3. The predicted octanol–water partition coefficient (Wildman–Crippen LogP) is 2.59. The molecule has 25 heavy (non-hydrogen) atoms. The Morgan fingerprint density at radius 3 is 2.52 bits per heavy atom. The summed E-state index contributed by atoms with van der Waals surface area (Å²) < 4.78 is 18.6. The molecular formula is C18H30FIN4O. The van der Waals surface area contributed by atoms with Gasteiger partial charge in [-0.05, 0) is 38.2 Å². The minimum atomic E-state index is -0.210. The fourth-order valence-electron chi connectivity index (χ4n) is 3.06. The zero-order valence-corrected chi connectivity index (χ0v) is 17.9. The van der Waals surface area contributed by atoms with Gasteiger partial charge in [-0.15, -0.1) is 24.0 Å². The Morgan fingerprint density at radius 2 is 2.00 bits per heavy atom. The lowest BCUT2D eigenvalue weighted by atomic mass is 10.1. The third-order valence-electron chi connectivity index (χ3n) is 4.46. The number of benzene rings is 1. The molecule has 1 aliphatic heterocycles. The zero-order chi connectivity index (χ0) is 17.5. The average Bonchev–Trinajstić information content (AvgIpc) is 3.05. The van der Waals surface area contributed by atoms with Crippen molar-refractivity contribution < 1.29 is 9.13 Å². The van der Waals surface area contributed by atoms with Gasteiger partial charge < -0.3 is 19.9 Å². The Kier molecular flexibility index (Phi) is 9.66. The fourth-order valence-corrected chi connectivity index (χ4v) is 3.06. The van der Waals surface area contributed by atoms with Gasteiger partial charge in [-0.25, -0.2) is 4.39 Å². The predicted molar refractivity (Wildman–Crippen MR) is 111 cm³/mol. The fraction of sp³-hybridized carbons (Fsp3) is 0.611. The molecule has 1 heterocycles. The second-order valence-electron chi connectivity index (χ2n) is 6.57. The highest BCUT2D eigenvalue weighted by Gasteiger charge is 2.20. The number of nitrogens with zero attached hydrogens (tertiary/aromatic N) is 3. The van der Waals surface area contributed by atoms with E-state index in [0.29, 0.717) is 12.5 Å². The maximum Gasteiger partial charge on any atom is 0.193 e. The van der Waals surface area contributed by atoms with Crippen LogP contribution < -0.4 is 5.32 Å². The second-order valence-corrected chi connectivity index (χ2v) is 6.57. The number of nitrogens with one attached hydrogen (secondary N) is 1. The first-order chi connectivity index (χ1) is 11.5. The number of guanidine groups is 1. The van der Waals surface area contributed by atoms with Gasteiger partial charge in [0.25, 0.3) is 0 Å². The minimum absolute atomic E-state index is 0. The highest BCUT2D eigenvalue weighted by molar-refractivity contribution is 14.0. The van der Waals surface area contributed by atoms with Crippen LogP contribution in [0.25, 0.3) is 0 Å².